The molecule has 0 saturated carbocycles. The van der Waals surface area contributed by atoms with Crippen molar-refractivity contribution >= 4 is 39.0 Å². The quantitative estimate of drug-likeness (QED) is 0.375. The van der Waals surface area contributed by atoms with Crippen molar-refractivity contribution in [3.63, 3.8) is 0 Å². The molecule has 34 heavy (non-hydrogen) atoms. The van der Waals surface area contributed by atoms with E-state index in [9.17, 15) is 19.4 Å². The zero-order valence-electron chi connectivity index (χ0n) is 17.8. The van der Waals surface area contributed by atoms with Crippen LogP contribution < -0.4 is 14.9 Å². The summed E-state index contributed by atoms with van der Waals surface area (Å²) >= 11 is 1.07. The summed E-state index contributed by atoms with van der Waals surface area (Å²) in [6.07, 6.45) is 1.86. The van der Waals surface area contributed by atoms with Crippen molar-refractivity contribution in [1.29, 1.82) is 0 Å². The average molecular weight is 486 g/mol. The van der Waals surface area contributed by atoms with Crippen molar-refractivity contribution in [2.24, 2.45) is 0 Å². The van der Waals surface area contributed by atoms with Gasteiger partial charge in [-0.3, -0.25) is 0 Å². The Labute approximate surface area is 196 Å². The summed E-state index contributed by atoms with van der Waals surface area (Å²) in [4.78, 5) is 27.2. The molecule has 1 atom stereocenters. The zero-order chi connectivity index (χ0) is 23.8. The third-order valence-corrected chi connectivity index (χ3v) is 6.44. The number of thiophene rings is 1. The highest BCUT2D eigenvalue weighted by atomic mass is 32.1. The molecule has 1 fully saturated rings. The minimum Gasteiger partial charge on any atom is -0.492 e. The van der Waals surface area contributed by atoms with Crippen LogP contribution >= 0.6 is 11.3 Å². The molecule has 0 amide bonds. The maximum absolute atomic E-state index is 13.9. The van der Waals surface area contributed by atoms with Crippen LogP contribution in [0.3, 0.4) is 0 Å². The predicted octanol–water partition coefficient (Wildman–Crippen LogP) is 3.53. The van der Waals surface area contributed by atoms with Crippen molar-refractivity contribution in [1.82, 2.24) is 14.7 Å². The van der Waals surface area contributed by atoms with E-state index in [0.29, 0.717) is 57.4 Å². The lowest BCUT2D eigenvalue weighted by Gasteiger charge is -2.17. The number of aryl methyl sites for hydroxylation is 1. The number of carbonyl (C=O) groups is 1. The third kappa shape index (κ3) is 4.08. The Kier molecular flexibility index (Phi) is 5.67. The van der Waals surface area contributed by atoms with Crippen LogP contribution in [0.5, 0.6) is 17.5 Å². The van der Waals surface area contributed by atoms with Gasteiger partial charge in [0.25, 0.3) is 0 Å². The van der Waals surface area contributed by atoms with Gasteiger partial charge < -0.3 is 29.8 Å². The zero-order valence-corrected chi connectivity index (χ0v) is 18.6. The van der Waals surface area contributed by atoms with Gasteiger partial charge in [0.2, 0.25) is 11.8 Å². The molecule has 0 spiro atoms. The Hall–Kier alpha value is -3.90. The molecule has 1 saturated heterocycles. The van der Waals surface area contributed by atoms with E-state index in [1.165, 1.54) is 30.6 Å². The number of aromatic nitrogens is 3. The monoisotopic (exact) mass is 486 g/mol. The van der Waals surface area contributed by atoms with Crippen LogP contribution in [0.15, 0.2) is 36.7 Å². The van der Waals surface area contributed by atoms with Crippen LogP contribution in [0, 0.1) is 12.7 Å². The molecule has 0 bridgehead atoms. The smallest absolute Gasteiger partial charge is 0.374 e. The van der Waals surface area contributed by atoms with E-state index in [1.807, 2.05) is 0 Å². The number of nitrogens with zero attached hydrogens (tertiary/aromatic N) is 3. The highest BCUT2D eigenvalue weighted by Gasteiger charge is 2.24. The number of rotatable bonds is 6. The number of hydrogen-bond acceptors (Lipinski definition) is 10. The second-order valence-corrected chi connectivity index (χ2v) is 8.55. The van der Waals surface area contributed by atoms with Crippen molar-refractivity contribution in [3.8, 4) is 17.5 Å². The second-order valence-electron chi connectivity index (χ2n) is 7.55. The fraction of sp³-hybridized carbons (Fsp3) is 0.227. The maximum atomic E-state index is 13.9. The van der Waals surface area contributed by atoms with Gasteiger partial charge in [-0.1, -0.05) is 0 Å². The first-order valence-corrected chi connectivity index (χ1v) is 11.1. The largest absolute Gasteiger partial charge is 0.492 e. The van der Waals surface area contributed by atoms with Crippen molar-refractivity contribution in [3.05, 3.63) is 52.9 Å². The van der Waals surface area contributed by atoms with Gasteiger partial charge >= 0.3 is 5.97 Å². The van der Waals surface area contributed by atoms with E-state index < -0.39 is 23.5 Å². The summed E-state index contributed by atoms with van der Waals surface area (Å²) in [7, 11) is 0. The molecule has 5 rings (SSSR count). The molecule has 0 aliphatic carbocycles. The summed E-state index contributed by atoms with van der Waals surface area (Å²) in [5.41, 5.74) is 1.03. The van der Waals surface area contributed by atoms with Crippen molar-refractivity contribution in [2.45, 2.75) is 19.4 Å². The van der Waals surface area contributed by atoms with E-state index in [2.05, 4.69) is 15.3 Å². The van der Waals surface area contributed by atoms with Crippen LogP contribution in [-0.2, 0) is 4.74 Å². The summed E-state index contributed by atoms with van der Waals surface area (Å²) in [5.74, 6) is -1.38. The van der Waals surface area contributed by atoms with Crippen LogP contribution in [0.4, 0.5) is 15.9 Å². The Morgan fingerprint density at radius 2 is 2.06 bits per heavy atom. The van der Waals surface area contributed by atoms with Gasteiger partial charge in [0, 0.05) is 24.6 Å². The predicted molar refractivity (Wildman–Crippen MR) is 120 cm³/mol. The molecule has 1 aliphatic heterocycles. The molecule has 10 nitrogen and oxygen atoms in total. The summed E-state index contributed by atoms with van der Waals surface area (Å²) in [6.45, 7) is 2.72. The minimum absolute atomic E-state index is 0.182. The molecule has 4 heterocycles. The molecule has 1 aliphatic rings. The Bertz CT molecular complexity index is 1360. The van der Waals surface area contributed by atoms with Gasteiger partial charge in [-0.05, 0) is 24.6 Å². The number of carbonyl (C=O) groups excluding carboxylic acids is 1. The van der Waals surface area contributed by atoms with Crippen molar-refractivity contribution in [2.75, 3.05) is 18.5 Å². The van der Waals surface area contributed by atoms with Gasteiger partial charge in [-0.2, -0.15) is 0 Å². The number of hydrogen-bond donors (Lipinski definition) is 3. The SMILES string of the molecule is Cc1c(C(=O)On2c(O)ccc2O)sc2ncnc(Nc3ccc(F)cc3O[C@H]3CCOC3)c12. The number of nitrogens with one attached hydrogen (secondary N) is 1. The second kappa shape index (κ2) is 8.80. The first-order valence-electron chi connectivity index (χ1n) is 10.3. The first kappa shape index (κ1) is 21.9. The topological polar surface area (TPSA) is 128 Å². The number of benzene rings is 1. The number of fused-ring (bicyclic) bond motifs is 1. The van der Waals surface area contributed by atoms with Crippen LogP contribution in [-0.4, -0.2) is 50.2 Å². The van der Waals surface area contributed by atoms with Gasteiger partial charge in [0.1, 0.15) is 39.5 Å². The molecular weight excluding hydrogens is 467 g/mol. The lowest BCUT2D eigenvalue weighted by atomic mass is 10.2. The van der Waals surface area contributed by atoms with Gasteiger partial charge in [0.05, 0.1) is 24.3 Å². The molecule has 0 radical (unpaired) electrons. The Balaban J connectivity index is 1.47. The standard InChI is InChI=1S/C22H19FN4O6S/c1-11-18-20(26-14-3-2-12(23)8-15(14)32-13-6-7-31-9-13)24-10-25-21(18)34-19(11)22(30)33-27-16(28)4-5-17(27)29/h2-5,8,10,13,28-29H,6-7,9H2,1H3,(H,24,25,26)/t13-/m0/s1. The van der Waals surface area contributed by atoms with E-state index in [1.54, 1.807) is 13.0 Å². The van der Waals surface area contributed by atoms with Gasteiger partial charge in [-0.15, -0.1) is 16.1 Å². The first-order chi connectivity index (χ1) is 16.4. The molecule has 12 heteroatoms. The minimum atomic E-state index is -0.791. The lowest BCUT2D eigenvalue weighted by Crippen LogP contribution is -2.18. The lowest BCUT2D eigenvalue weighted by molar-refractivity contribution is 0.0386. The van der Waals surface area contributed by atoms with Crippen LogP contribution in [0.1, 0.15) is 21.7 Å². The van der Waals surface area contributed by atoms with E-state index in [4.69, 9.17) is 14.3 Å². The fourth-order valence-corrected chi connectivity index (χ4v) is 4.61. The number of halogens is 1. The molecule has 0 unspecified atom stereocenters. The molecular formula is C22H19FN4O6S. The third-order valence-electron chi connectivity index (χ3n) is 5.26. The van der Waals surface area contributed by atoms with E-state index in [0.717, 1.165) is 11.3 Å². The number of ether oxygens (including phenoxy) is 2. The summed E-state index contributed by atoms with van der Waals surface area (Å²) < 4.78 is 25.8. The van der Waals surface area contributed by atoms with E-state index >= 15 is 0 Å². The van der Waals surface area contributed by atoms with Crippen molar-refractivity contribution < 1.29 is 33.7 Å². The highest BCUT2D eigenvalue weighted by Crippen LogP contribution is 2.37. The number of aromatic hydroxyl groups is 2. The van der Waals surface area contributed by atoms with Gasteiger partial charge in [0.15, 0.2) is 0 Å². The Morgan fingerprint density at radius 1 is 1.26 bits per heavy atom. The summed E-state index contributed by atoms with van der Waals surface area (Å²) in [6, 6.07) is 6.52. The molecule has 1 aromatic carbocycles. The Morgan fingerprint density at radius 3 is 2.79 bits per heavy atom. The highest BCUT2D eigenvalue weighted by molar-refractivity contribution is 7.20. The maximum Gasteiger partial charge on any atom is 0.374 e. The molecule has 3 N–H and O–H groups in total. The molecule has 3 aromatic heterocycles. The van der Waals surface area contributed by atoms with Gasteiger partial charge in [-0.25, -0.2) is 19.2 Å². The summed E-state index contributed by atoms with van der Waals surface area (Å²) in [5, 5.41) is 23.2. The number of anilines is 2. The van der Waals surface area contributed by atoms with E-state index in [-0.39, 0.29) is 11.0 Å². The van der Waals surface area contributed by atoms with Crippen LogP contribution in [0.25, 0.3) is 10.2 Å². The van der Waals surface area contributed by atoms with Crippen LogP contribution in [0.2, 0.25) is 0 Å². The molecule has 176 valence electrons. The average Bonchev–Trinajstić information content (AvgIpc) is 3.52. The normalized spacial score (nSPS) is 15.5. The fourth-order valence-electron chi connectivity index (χ4n) is 3.59. The molecule has 4 aromatic rings.